The molecular weight excluding hydrogens is 320 g/mol. The van der Waals surface area contributed by atoms with Crippen LogP contribution in [0.2, 0.25) is 0 Å². The predicted octanol–water partition coefficient (Wildman–Crippen LogP) is 5.64. The van der Waals surface area contributed by atoms with E-state index in [-0.39, 0.29) is 0 Å². The van der Waals surface area contributed by atoms with Crippen molar-refractivity contribution in [3.05, 3.63) is 74.4 Å². The zero-order valence-electron chi connectivity index (χ0n) is 17.3. The lowest BCUT2D eigenvalue weighted by Gasteiger charge is -2.30. The first-order chi connectivity index (χ1) is 12.1. The maximum Gasteiger partial charge on any atom is 0.0521 e. The summed E-state index contributed by atoms with van der Waals surface area (Å²) in [4.78, 5) is 0. The molecule has 3 rings (SSSR count). The van der Waals surface area contributed by atoms with Gasteiger partial charge >= 0.3 is 0 Å². The first kappa shape index (κ1) is 18.3. The number of allylic oxidation sites excluding steroid dienone is 3. The third kappa shape index (κ3) is 2.74. The molecule has 2 aromatic heterocycles. The van der Waals surface area contributed by atoms with Crippen molar-refractivity contribution in [1.82, 2.24) is 9.35 Å². The molecule has 0 spiro atoms. The molecule has 0 fully saturated rings. The van der Waals surface area contributed by atoms with Crippen molar-refractivity contribution < 1.29 is 0 Å². The van der Waals surface area contributed by atoms with E-state index < -0.39 is 0 Å². The van der Waals surface area contributed by atoms with Gasteiger partial charge in [0.05, 0.1) is 5.71 Å². The number of aromatic nitrogens is 2. The molecule has 2 heterocycles. The Hall–Kier alpha value is -2.49. The van der Waals surface area contributed by atoms with Crippen LogP contribution >= 0.6 is 0 Å². The molecule has 4 heteroatoms. The van der Waals surface area contributed by atoms with E-state index in [4.69, 9.17) is 10.5 Å². The normalized spacial score (nSPS) is 15.9. The Kier molecular flexibility index (Phi) is 4.47. The first-order valence-corrected chi connectivity index (χ1v) is 9.13. The number of rotatable bonds is 3. The second-order valence-corrected chi connectivity index (χ2v) is 7.48. The maximum absolute atomic E-state index is 4.95. The molecule has 0 saturated carbocycles. The van der Waals surface area contributed by atoms with E-state index in [0.717, 1.165) is 23.4 Å². The van der Waals surface area contributed by atoms with E-state index >= 15 is 0 Å². The van der Waals surface area contributed by atoms with Gasteiger partial charge in [-0.25, -0.2) is 4.68 Å². The quantitative estimate of drug-likeness (QED) is 0.687. The molecular formula is C22H29N4-. The molecule has 26 heavy (non-hydrogen) atoms. The number of hydrogen-bond acceptors (Lipinski definition) is 1. The van der Waals surface area contributed by atoms with Gasteiger partial charge < -0.3 is 10.1 Å². The summed E-state index contributed by atoms with van der Waals surface area (Å²) < 4.78 is 4.09. The van der Waals surface area contributed by atoms with Crippen molar-refractivity contribution in [2.24, 2.45) is 5.10 Å². The maximum atomic E-state index is 4.95. The Morgan fingerprint density at radius 3 is 1.77 bits per heavy atom. The van der Waals surface area contributed by atoms with Crippen LogP contribution in [0.15, 0.2) is 29.0 Å². The molecule has 0 bridgehead atoms. The average molecular weight is 350 g/mol. The van der Waals surface area contributed by atoms with Gasteiger partial charge in [0.25, 0.3) is 0 Å². The monoisotopic (exact) mass is 349 g/mol. The van der Waals surface area contributed by atoms with Gasteiger partial charge in [-0.15, -0.1) is 0 Å². The highest BCUT2D eigenvalue weighted by atomic mass is 15.4. The second kappa shape index (κ2) is 6.35. The van der Waals surface area contributed by atoms with Crippen LogP contribution in [0.1, 0.15) is 51.5 Å². The largest absolute Gasteiger partial charge is 0.589 e. The van der Waals surface area contributed by atoms with E-state index in [1.165, 1.54) is 45.0 Å². The summed E-state index contributed by atoms with van der Waals surface area (Å²) in [5.74, 6) is 0. The summed E-state index contributed by atoms with van der Waals surface area (Å²) in [7, 11) is 0. The topological polar surface area (TPSA) is 36.3 Å². The van der Waals surface area contributed by atoms with Crippen molar-refractivity contribution in [2.75, 3.05) is 0 Å². The van der Waals surface area contributed by atoms with Gasteiger partial charge in [0.1, 0.15) is 0 Å². The Morgan fingerprint density at radius 2 is 1.27 bits per heavy atom. The fourth-order valence-corrected chi connectivity index (χ4v) is 3.56. The van der Waals surface area contributed by atoms with Gasteiger partial charge in [0, 0.05) is 29.2 Å². The molecule has 4 nitrogen and oxygen atoms in total. The summed E-state index contributed by atoms with van der Waals surface area (Å²) in [6.45, 7) is 21.2. The zero-order valence-corrected chi connectivity index (χ0v) is 17.3. The SMILES string of the molecule is C=C1C=C([N-]n2c(C)c(C)c(C)c2C)/C(=N/n2c(C)c(C)c(C)c2C)C1. The molecule has 1 aliphatic rings. The van der Waals surface area contributed by atoms with Crippen LogP contribution in [0, 0.1) is 55.4 Å². The lowest BCUT2D eigenvalue weighted by Crippen LogP contribution is -2.07. The minimum absolute atomic E-state index is 0.741. The van der Waals surface area contributed by atoms with Gasteiger partial charge in [-0.2, -0.15) is 5.10 Å². The van der Waals surface area contributed by atoms with E-state index in [1.54, 1.807) is 0 Å². The van der Waals surface area contributed by atoms with Crippen LogP contribution in [0.3, 0.4) is 0 Å². The van der Waals surface area contributed by atoms with Crippen LogP contribution in [0.5, 0.6) is 0 Å². The van der Waals surface area contributed by atoms with Crippen LogP contribution in [0.25, 0.3) is 5.43 Å². The molecule has 0 radical (unpaired) electrons. The highest BCUT2D eigenvalue weighted by Gasteiger charge is 2.15. The standard InChI is InChI=1S/C22H29N4/c1-12-10-21(23-25-17(6)13(2)14(3)18(25)7)22(11-12)24-26-19(8)15(4)16(5)20(26)9/h10H,1,11H2,2-9H3/q-1/b24-22+. The number of hydrogen-bond donors (Lipinski definition) is 0. The van der Waals surface area contributed by atoms with Crippen LogP contribution in [0.4, 0.5) is 0 Å². The highest BCUT2D eigenvalue weighted by Crippen LogP contribution is 2.30. The molecule has 0 amide bonds. The summed E-state index contributed by atoms with van der Waals surface area (Å²) in [5.41, 5.74) is 17.8. The van der Waals surface area contributed by atoms with Gasteiger partial charge in [-0.3, -0.25) is 0 Å². The average Bonchev–Trinajstić information content (AvgIpc) is 3.11. The van der Waals surface area contributed by atoms with Crippen LogP contribution < -0.4 is 0 Å². The van der Waals surface area contributed by atoms with E-state index in [1.807, 2.05) is 9.35 Å². The van der Waals surface area contributed by atoms with Crippen molar-refractivity contribution >= 4 is 5.71 Å². The van der Waals surface area contributed by atoms with Crippen molar-refractivity contribution in [3.63, 3.8) is 0 Å². The van der Waals surface area contributed by atoms with Crippen LogP contribution in [-0.2, 0) is 0 Å². The Bertz CT molecular complexity index is 926. The third-order valence-electron chi connectivity index (χ3n) is 6.03. The minimum Gasteiger partial charge on any atom is -0.589 e. The van der Waals surface area contributed by atoms with Crippen molar-refractivity contribution in [2.45, 2.75) is 61.8 Å². The predicted molar refractivity (Wildman–Crippen MR) is 110 cm³/mol. The van der Waals surface area contributed by atoms with Gasteiger partial charge in [0.15, 0.2) is 0 Å². The fraction of sp³-hybridized carbons (Fsp3) is 0.409. The van der Waals surface area contributed by atoms with E-state index in [9.17, 15) is 0 Å². The molecule has 0 atom stereocenters. The molecule has 0 saturated heterocycles. The second-order valence-electron chi connectivity index (χ2n) is 7.48. The van der Waals surface area contributed by atoms with E-state index in [2.05, 4.69) is 68.0 Å². The smallest absolute Gasteiger partial charge is 0.0521 e. The lowest BCUT2D eigenvalue weighted by molar-refractivity contribution is 0.804. The highest BCUT2D eigenvalue weighted by molar-refractivity contribution is 6.07. The summed E-state index contributed by atoms with van der Waals surface area (Å²) in [6.07, 6.45) is 2.79. The Morgan fingerprint density at radius 1 is 0.808 bits per heavy atom. The van der Waals surface area contributed by atoms with Crippen LogP contribution in [-0.4, -0.2) is 15.1 Å². The number of nitrogens with zero attached hydrogens (tertiary/aromatic N) is 4. The van der Waals surface area contributed by atoms with Crippen molar-refractivity contribution in [1.29, 1.82) is 0 Å². The van der Waals surface area contributed by atoms with Gasteiger partial charge in [0.2, 0.25) is 0 Å². The molecule has 0 N–H and O–H groups in total. The Balaban J connectivity index is 2.03. The minimum atomic E-state index is 0.741. The van der Waals surface area contributed by atoms with Gasteiger partial charge in [-0.05, 0) is 77.6 Å². The molecule has 1 aliphatic carbocycles. The first-order valence-electron chi connectivity index (χ1n) is 9.13. The lowest BCUT2D eigenvalue weighted by atomic mass is 10.2. The van der Waals surface area contributed by atoms with E-state index in [0.29, 0.717) is 0 Å². The molecule has 0 aliphatic heterocycles. The summed E-state index contributed by atoms with van der Waals surface area (Å²) >= 11 is 0. The molecule has 0 unspecified atom stereocenters. The molecule has 138 valence electrons. The zero-order chi connectivity index (χ0) is 19.3. The molecule has 2 aromatic rings. The summed E-state index contributed by atoms with van der Waals surface area (Å²) in [5, 5.41) is 4.95. The fourth-order valence-electron chi connectivity index (χ4n) is 3.56. The Labute approximate surface area is 156 Å². The summed E-state index contributed by atoms with van der Waals surface area (Å²) in [6, 6.07) is 0. The third-order valence-corrected chi connectivity index (χ3v) is 6.03. The van der Waals surface area contributed by atoms with Gasteiger partial charge in [-0.1, -0.05) is 23.9 Å². The molecule has 0 aromatic carbocycles. The van der Waals surface area contributed by atoms with Crippen molar-refractivity contribution in [3.8, 4) is 0 Å².